The second-order valence-electron chi connectivity index (χ2n) is 6.93. The van der Waals surface area contributed by atoms with Gasteiger partial charge in [0.05, 0.1) is 19.1 Å². The molecule has 1 aromatic heterocycles. The van der Waals surface area contributed by atoms with Gasteiger partial charge in [-0.2, -0.15) is 0 Å². The Bertz CT molecular complexity index is 983. The summed E-state index contributed by atoms with van der Waals surface area (Å²) in [5.74, 6) is -2.16. The third-order valence-corrected chi connectivity index (χ3v) is 4.60. The van der Waals surface area contributed by atoms with Crippen LogP contribution in [0.5, 0.6) is 0 Å². The first-order chi connectivity index (χ1) is 15.2. The Morgan fingerprint density at radius 2 is 1.78 bits per heavy atom. The Balaban J connectivity index is 1.96. The number of ether oxygens (including phenoxy) is 5. The van der Waals surface area contributed by atoms with Crippen LogP contribution >= 0.6 is 0 Å². The lowest BCUT2D eigenvalue weighted by molar-refractivity contribution is -0.166. The van der Waals surface area contributed by atoms with Gasteiger partial charge in [-0.3, -0.25) is 19.0 Å². The van der Waals surface area contributed by atoms with Crippen molar-refractivity contribution in [3.8, 4) is 0 Å². The molecule has 1 saturated heterocycles. The number of aliphatic imine (C=N–C) groups is 2. The van der Waals surface area contributed by atoms with Crippen LogP contribution in [0.25, 0.3) is 0 Å². The van der Waals surface area contributed by atoms with Crippen molar-refractivity contribution < 1.29 is 42.9 Å². The normalized spacial score (nSPS) is 24.1. The zero-order chi connectivity index (χ0) is 23.4. The number of esters is 4. The molecule has 0 aromatic carbocycles. The van der Waals surface area contributed by atoms with Crippen LogP contribution in [-0.2, 0) is 49.3 Å². The molecule has 3 rings (SSSR count). The van der Waals surface area contributed by atoms with E-state index in [0.29, 0.717) is 11.5 Å². The summed E-state index contributed by atoms with van der Waals surface area (Å²) in [6.45, 7) is 3.38. The standard InChI is InChI=1S/C19H22N4O9/c1-9(24)29-6-14-15(30-10(2)25)16(31-11(3)26)18(32-14)23-8-22-12-5-13(19(27)28-4)20-7-21-17(12)23/h7-8,14-16,18H,5-6H2,1-4H3/t14-,15-,16-,18-/m1/s1. The number of imidazole rings is 1. The molecule has 0 N–H and O–H groups in total. The monoisotopic (exact) mass is 450 g/mol. The third kappa shape index (κ3) is 4.99. The molecule has 172 valence electrons. The van der Waals surface area contributed by atoms with E-state index in [2.05, 4.69) is 15.0 Å². The van der Waals surface area contributed by atoms with Gasteiger partial charge in [-0.1, -0.05) is 0 Å². The van der Waals surface area contributed by atoms with Crippen LogP contribution in [0.15, 0.2) is 16.3 Å². The van der Waals surface area contributed by atoms with E-state index < -0.39 is 48.4 Å². The minimum Gasteiger partial charge on any atom is -0.465 e. The smallest absolute Gasteiger partial charge is 0.352 e. The summed E-state index contributed by atoms with van der Waals surface area (Å²) in [4.78, 5) is 59.1. The number of carbonyl (C=O) groups excluding carboxylic acids is 4. The summed E-state index contributed by atoms with van der Waals surface area (Å²) in [6, 6.07) is 0. The van der Waals surface area contributed by atoms with Gasteiger partial charge in [0.25, 0.3) is 0 Å². The fraction of sp³-hybridized carbons (Fsp3) is 0.526. The van der Waals surface area contributed by atoms with Crippen molar-refractivity contribution in [2.45, 2.75) is 51.7 Å². The van der Waals surface area contributed by atoms with Gasteiger partial charge in [0.2, 0.25) is 0 Å². The highest BCUT2D eigenvalue weighted by Crippen LogP contribution is 2.38. The molecule has 0 unspecified atom stereocenters. The van der Waals surface area contributed by atoms with Crippen LogP contribution in [0.3, 0.4) is 0 Å². The second-order valence-corrected chi connectivity index (χ2v) is 6.93. The molecule has 0 radical (unpaired) electrons. The molecule has 1 aromatic rings. The molecule has 3 heterocycles. The van der Waals surface area contributed by atoms with Crippen molar-refractivity contribution in [3.63, 3.8) is 0 Å². The van der Waals surface area contributed by atoms with E-state index >= 15 is 0 Å². The summed E-state index contributed by atoms with van der Waals surface area (Å²) in [7, 11) is 1.24. The molecule has 1 fully saturated rings. The molecular formula is C19H22N4O9. The minimum atomic E-state index is -1.09. The zero-order valence-corrected chi connectivity index (χ0v) is 17.8. The average molecular weight is 450 g/mol. The number of nitrogens with zero attached hydrogens (tertiary/aromatic N) is 4. The summed E-state index contributed by atoms with van der Waals surface area (Å²) in [5, 5.41) is 0. The Morgan fingerprint density at radius 3 is 2.41 bits per heavy atom. The number of aromatic nitrogens is 2. The van der Waals surface area contributed by atoms with Crippen LogP contribution in [-0.4, -0.2) is 77.5 Å². The Kier molecular flexibility index (Phi) is 6.98. The van der Waals surface area contributed by atoms with Crippen LogP contribution in [0.2, 0.25) is 0 Å². The van der Waals surface area contributed by atoms with E-state index in [-0.39, 0.29) is 18.7 Å². The Morgan fingerprint density at radius 1 is 1.09 bits per heavy atom. The molecule has 0 bridgehead atoms. The highest BCUT2D eigenvalue weighted by molar-refractivity contribution is 6.38. The van der Waals surface area contributed by atoms with Gasteiger partial charge in [-0.05, 0) is 0 Å². The number of fused-ring (bicyclic) bond motifs is 1. The van der Waals surface area contributed by atoms with Crippen molar-refractivity contribution in [3.05, 3.63) is 12.0 Å². The molecule has 0 saturated carbocycles. The van der Waals surface area contributed by atoms with Gasteiger partial charge in [-0.15, -0.1) is 0 Å². The van der Waals surface area contributed by atoms with Gasteiger partial charge >= 0.3 is 23.9 Å². The molecule has 32 heavy (non-hydrogen) atoms. The maximum absolute atomic E-state index is 11.9. The van der Waals surface area contributed by atoms with E-state index in [0.717, 1.165) is 0 Å². The van der Waals surface area contributed by atoms with Crippen molar-refractivity contribution >= 4 is 41.7 Å². The van der Waals surface area contributed by atoms with Crippen LogP contribution in [0.4, 0.5) is 5.82 Å². The maximum Gasteiger partial charge on any atom is 0.352 e. The molecule has 0 amide bonds. The molecule has 2 aliphatic rings. The first-order valence-electron chi connectivity index (χ1n) is 9.57. The van der Waals surface area contributed by atoms with E-state index in [4.69, 9.17) is 23.7 Å². The zero-order valence-electron chi connectivity index (χ0n) is 17.8. The van der Waals surface area contributed by atoms with Crippen molar-refractivity contribution in [1.29, 1.82) is 0 Å². The van der Waals surface area contributed by atoms with Gasteiger partial charge < -0.3 is 23.7 Å². The lowest BCUT2D eigenvalue weighted by Crippen LogP contribution is -2.40. The van der Waals surface area contributed by atoms with Crippen molar-refractivity contribution in [2.24, 2.45) is 9.98 Å². The fourth-order valence-corrected chi connectivity index (χ4v) is 3.36. The summed E-state index contributed by atoms with van der Waals surface area (Å²) in [6.07, 6.45) is -1.48. The molecule has 13 heteroatoms. The second kappa shape index (κ2) is 9.68. The fourth-order valence-electron chi connectivity index (χ4n) is 3.36. The summed E-state index contributed by atoms with van der Waals surface area (Å²) in [5.41, 5.74) is 0.509. The van der Waals surface area contributed by atoms with E-state index in [1.54, 1.807) is 0 Å². The van der Waals surface area contributed by atoms with Crippen LogP contribution < -0.4 is 0 Å². The summed E-state index contributed by atoms with van der Waals surface area (Å²) < 4.78 is 27.9. The summed E-state index contributed by atoms with van der Waals surface area (Å²) >= 11 is 0. The van der Waals surface area contributed by atoms with Gasteiger partial charge in [-0.25, -0.2) is 19.8 Å². The van der Waals surface area contributed by atoms with Gasteiger partial charge in [0, 0.05) is 27.2 Å². The van der Waals surface area contributed by atoms with Crippen LogP contribution in [0.1, 0.15) is 32.7 Å². The molecule has 4 atom stereocenters. The average Bonchev–Trinajstić information content (AvgIpc) is 3.17. The van der Waals surface area contributed by atoms with Gasteiger partial charge in [0.1, 0.15) is 24.8 Å². The maximum atomic E-state index is 11.9. The SMILES string of the molecule is COC(=O)C1=NC=Nc2c(ncn2[C@@H]2O[C@H](COC(C)=O)[C@@H](OC(C)=O)[C@H]2OC(C)=O)C1. The van der Waals surface area contributed by atoms with Crippen molar-refractivity contribution in [2.75, 3.05) is 13.7 Å². The lowest BCUT2D eigenvalue weighted by Gasteiger charge is -2.24. The number of carbonyl (C=O) groups is 4. The first kappa shape index (κ1) is 23.1. The largest absolute Gasteiger partial charge is 0.465 e. The first-order valence-corrected chi connectivity index (χ1v) is 9.57. The van der Waals surface area contributed by atoms with Crippen LogP contribution in [0, 0.1) is 0 Å². The number of methoxy groups -OCH3 is 1. The predicted octanol–water partition coefficient (Wildman–Crippen LogP) is 0.0369. The quantitative estimate of drug-likeness (QED) is 0.428. The van der Waals surface area contributed by atoms with Crippen molar-refractivity contribution in [1.82, 2.24) is 9.55 Å². The predicted molar refractivity (Wildman–Crippen MR) is 105 cm³/mol. The Labute approximate surface area is 182 Å². The lowest BCUT2D eigenvalue weighted by atomic mass is 10.1. The number of rotatable bonds is 6. The number of hydrogen-bond acceptors (Lipinski definition) is 12. The van der Waals surface area contributed by atoms with E-state index in [9.17, 15) is 19.2 Å². The molecule has 0 aliphatic carbocycles. The molecule has 0 spiro atoms. The molecular weight excluding hydrogens is 428 g/mol. The van der Waals surface area contributed by atoms with E-state index in [1.807, 2.05) is 0 Å². The Hall–Kier alpha value is -3.61. The topological polar surface area (TPSA) is 157 Å². The highest BCUT2D eigenvalue weighted by Gasteiger charge is 2.51. The highest BCUT2D eigenvalue weighted by atomic mass is 16.7. The minimum absolute atomic E-state index is 0.0458. The van der Waals surface area contributed by atoms with E-state index in [1.165, 1.54) is 45.1 Å². The third-order valence-electron chi connectivity index (χ3n) is 4.60. The van der Waals surface area contributed by atoms with Gasteiger partial charge in [0.15, 0.2) is 24.3 Å². The number of hydrogen-bond donors (Lipinski definition) is 0. The molecule has 2 aliphatic heterocycles. The molecule has 13 nitrogen and oxygen atoms in total.